The minimum Gasteiger partial charge on any atom is -0.497 e. The van der Waals surface area contributed by atoms with Crippen molar-refractivity contribution >= 4 is 21.6 Å². The van der Waals surface area contributed by atoms with Gasteiger partial charge in [0, 0.05) is 5.92 Å². The van der Waals surface area contributed by atoms with E-state index in [-0.39, 0.29) is 5.75 Å². The normalized spacial score (nSPS) is 11.2. The molecule has 0 aliphatic rings. The van der Waals surface area contributed by atoms with Crippen LogP contribution in [0.2, 0.25) is 0 Å². The van der Waals surface area contributed by atoms with Crippen molar-refractivity contribution in [2.24, 2.45) is 5.92 Å². The topological polar surface area (TPSA) is 128 Å². The molecule has 1 rings (SSSR count). The summed E-state index contributed by atoms with van der Waals surface area (Å²) in [6.45, 7) is 3.14. The third-order valence-electron chi connectivity index (χ3n) is 2.49. The maximum atomic E-state index is 12.0. The average Bonchev–Trinajstić information content (AvgIpc) is 2.43. The minimum atomic E-state index is -4.27. The summed E-state index contributed by atoms with van der Waals surface area (Å²) in [6.07, 6.45) is 0. The number of ether oxygens (including phenoxy) is 1. The number of carbonyl (C=O) groups excluding carboxylic acids is 1. The SMILES string of the molecule is COc1ccc(S(=O)(=O)NNC(=O)C(C)C)c([N+](=O)[O-])c1. The second kappa shape index (κ2) is 6.50. The number of sulfonamides is 1. The molecule has 0 unspecified atom stereocenters. The lowest BCUT2D eigenvalue weighted by Gasteiger charge is -2.10. The predicted octanol–water partition coefficient (Wildman–Crippen LogP) is 0.569. The molecule has 21 heavy (non-hydrogen) atoms. The molecule has 116 valence electrons. The molecule has 9 nitrogen and oxygen atoms in total. The molecule has 0 spiro atoms. The summed E-state index contributed by atoms with van der Waals surface area (Å²) >= 11 is 0. The first-order chi connectivity index (χ1) is 9.69. The van der Waals surface area contributed by atoms with Crippen molar-refractivity contribution in [1.82, 2.24) is 10.3 Å². The molecule has 0 aliphatic carbocycles. The van der Waals surface area contributed by atoms with Crippen LogP contribution in [0.25, 0.3) is 0 Å². The summed E-state index contributed by atoms with van der Waals surface area (Å²) < 4.78 is 28.8. The van der Waals surface area contributed by atoms with Crippen molar-refractivity contribution in [1.29, 1.82) is 0 Å². The monoisotopic (exact) mass is 317 g/mol. The number of hydrogen-bond acceptors (Lipinski definition) is 6. The van der Waals surface area contributed by atoms with Crippen LogP contribution in [-0.2, 0) is 14.8 Å². The lowest BCUT2D eigenvalue weighted by molar-refractivity contribution is -0.387. The number of amides is 1. The van der Waals surface area contributed by atoms with Gasteiger partial charge in [-0.2, -0.15) is 0 Å². The highest BCUT2D eigenvalue weighted by Gasteiger charge is 2.27. The number of nitro groups is 1. The maximum Gasteiger partial charge on any atom is 0.293 e. The highest BCUT2D eigenvalue weighted by atomic mass is 32.2. The van der Waals surface area contributed by atoms with Crippen LogP contribution in [0.3, 0.4) is 0 Å². The van der Waals surface area contributed by atoms with Gasteiger partial charge < -0.3 is 4.74 Å². The molecule has 0 bridgehead atoms. The fourth-order valence-electron chi connectivity index (χ4n) is 1.31. The number of carbonyl (C=O) groups is 1. The van der Waals surface area contributed by atoms with Gasteiger partial charge in [0.25, 0.3) is 15.7 Å². The predicted molar refractivity (Wildman–Crippen MR) is 73.0 cm³/mol. The van der Waals surface area contributed by atoms with Crippen LogP contribution < -0.4 is 15.0 Å². The molecule has 0 saturated heterocycles. The molecule has 1 amide bonds. The number of benzene rings is 1. The fraction of sp³-hybridized carbons (Fsp3) is 0.364. The van der Waals surface area contributed by atoms with Crippen LogP contribution in [0.1, 0.15) is 13.8 Å². The van der Waals surface area contributed by atoms with E-state index in [1.54, 1.807) is 13.8 Å². The molecule has 1 aromatic carbocycles. The quantitative estimate of drug-likeness (QED) is 0.583. The van der Waals surface area contributed by atoms with Gasteiger partial charge in [0.05, 0.1) is 18.1 Å². The zero-order valence-corrected chi connectivity index (χ0v) is 12.4. The largest absolute Gasteiger partial charge is 0.497 e. The lowest BCUT2D eigenvalue weighted by Crippen LogP contribution is -2.43. The highest BCUT2D eigenvalue weighted by Crippen LogP contribution is 2.27. The molecule has 0 fully saturated rings. The van der Waals surface area contributed by atoms with E-state index < -0.39 is 37.4 Å². The number of methoxy groups -OCH3 is 1. The van der Waals surface area contributed by atoms with Gasteiger partial charge in [-0.25, -0.2) is 8.42 Å². The second-order valence-electron chi connectivity index (χ2n) is 4.34. The molecule has 0 saturated carbocycles. The zero-order valence-electron chi connectivity index (χ0n) is 11.6. The maximum absolute atomic E-state index is 12.0. The van der Waals surface area contributed by atoms with Gasteiger partial charge in [0.15, 0.2) is 4.90 Å². The Morgan fingerprint density at radius 2 is 2.00 bits per heavy atom. The van der Waals surface area contributed by atoms with Crippen LogP contribution in [-0.4, -0.2) is 26.4 Å². The van der Waals surface area contributed by atoms with E-state index in [0.29, 0.717) is 0 Å². The van der Waals surface area contributed by atoms with Crippen LogP contribution >= 0.6 is 0 Å². The smallest absolute Gasteiger partial charge is 0.293 e. The van der Waals surface area contributed by atoms with Crippen molar-refractivity contribution in [2.75, 3.05) is 7.11 Å². The zero-order chi connectivity index (χ0) is 16.2. The first-order valence-electron chi connectivity index (χ1n) is 5.83. The molecule has 2 N–H and O–H groups in total. The number of hydrogen-bond donors (Lipinski definition) is 2. The second-order valence-corrected chi connectivity index (χ2v) is 5.99. The van der Waals surface area contributed by atoms with Crippen LogP contribution in [0.15, 0.2) is 23.1 Å². The molecular formula is C11H15N3O6S. The van der Waals surface area contributed by atoms with Crippen LogP contribution in [0, 0.1) is 16.0 Å². The minimum absolute atomic E-state index is 0.145. The molecule has 0 aromatic heterocycles. The Morgan fingerprint density at radius 1 is 1.38 bits per heavy atom. The van der Waals surface area contributed by atoms with Gasteiger partial charge in [-0.3, -0.25) is 20.3 Å². The van der Waals surface area contributed by atoms with Crippen molar-refractivity contribution in [2.45, 2.75) is 18.7 Å². The van der Waals surface area contributed by atoms with E-state index in [9.17, 15) is 23.3 Å². The van der Waals surface area contributed by atoms with Crippen molar-refractivity contribution in [3.8, 4) is 5.75 Å². The first kappa shape index (κ1) is 16.9. The molecule has 0 atom stereocenters. The first-order valence-corrected chi connectivity index (χ1v) is 7.31. The van der Waals surface area contributed by atoms with Gasteiger partial charge in [-0.15, -0.1) is 4.83 Å². The Labute approximate surface area is 121 Å². The Balaban J connectivity index is 3.13. The van der Waals surface area contributed by atoms with Crippen molar-refractivity contribution in [3.05, 3.63) is 28.3 Å². The summed E-state index contributed by atoms with van der Waals surface area (Å²) in [5, 5.41) is 11.0. The van der Waals surface area contributed by atoms with Crippen LogP contribution in [0.5, 0.6) is 5.75 Å². The lowest BCUT2D eigenvalue weighted by atomic mass is 10.2. The van der Waals surface area contributed by atoms with Gasteiger partial charge in [-0.05, 0) is 12.1 Å². The van der Waals surface area contributed by atoms with Crippen molar-refractivity contribution in [3.63, 3.8) is 0 Å². The third kappa shape index (κ3) is 4.13. The van der Waals surface area contributed by atoms with Gasteiger partial charge in [0.1, 0.15) is 5.75 Å². The molecular weight excluding hydrogens is 302 g/mol. The molecule has 0 heterocycles. The third-order valence-corrected chi connectivity index (χ3v) is 3.78. The van der Waals surface area contributed by atoms with E-state index in [4.69, 9.17) is 4.74 Å². The summed E-state index contributed by atoms with van der Waals surface area (Å²) in [7, 11) is -2.97. The van der Waals surface area contributed by atoms with E-state index in [1.807, 2.05) is 10.3 Å². The summed E-state index contributed by atoms with van der Waals surface area (Å²) in [6, 6.07) is 3.28. The summed E-state index contributed by atoms with van der Waals surface area (Å²) in [4.78, 5) is 22.7. The summed E-state index contributed by atoms with van der Waals surface area (Å²) in [5.74, 6) is -0.861. The molecule has 0 aliphatic heterocycles. The molecule has 10 heteroatoms. The standard InChI is InChI=1S/C11H15N3O6S/c1-7(2)11(15)12-13-21(18,19)10-5-4-8(20-3)6-9(10)14(16)17/h4-7,13H,1-3H3,(H,12,15). The Morgan fingerprint density at radius 3 is 2.48 bits per heavy atom. The van der Waals surface area contributed by atoms with E-state index in [0.717, 1.165) is 12.1 Å². The number of rotatable bonds is 6. The average molecular weight is 317 g/mol. The molecule has 1 aromatic rings. The molecule has 0 radical (unpaired) electrons. The van der Waals surface area contributed by atoms with Gasteiger partial charge in [0.2, 0.25) is 5.91 Å². The summed E-state index contributed by atoms with van der Waals surface area (Å²) in [5.41, 5.74) is 1.33. The number of nitrogens with one attached hydrogen (secondary N) is 2. The number of nitro benzene ring substituents is 1. The highest BCUT2D eigenvalue weighted by molar-refractivity contribution is 7.89. The van der Waals surface area contributed by atoms with E-state index >= 15 is 0 Å². The van der Waals surface area contributed by atoms with Crippen LogP contribution in [0.4, 0.5) is 5.69 Å². The Kier molecular flexibility index (Phi) is 5.22. The van der Waals surface area contributed by atoms with E-state index in [1.165, 1.54) is 13.2 Å². The fourth-order valence-corrected chi connectivity index (χ4v) is 2.31. The number of hydrazine groups is 1. The van der Waals surface area contributed by atoms with E-state index in [2.05, 4.69) is 0 Å². The van der Waals surface area contributed by atoms with Crippen molar-refractivity contribution < 1.29 is 22.9 Å². The number of nitrogens with zero attached hydrogens (tertiary/aromatic N) is 1. The van der Waals surface area contributed by atoms with Gasteiger partial charge >= 0.3 is 0 Å². The Bertz CT molecular complexity index is 656. The Hall–Kier alpha value is -2.20. The van der Waals surface area contributed by atoms with Gasteiger partial charge in [-0.1, -0.05) is 13.8 Å².